The fourth-order valence-electron chi connectivity index (χ4n) is 1.92. The second kappa shape index (κ2) is 4.03. The standard InChI is InChI=1S/C13H9BrN2O2/c14-9-2-1-7-5-12(17)10(4-8(7)3-9)11-6-16-18-13(11)15/h1-6,17H,15H2. The van der Waals surface area contributed by atoms with Crippen molar-refractivity contribution in [3.63, 3.8) is 0 Å². The number of phenols is 1. The first-order valence-corrected chi connectivity index (χ1v) is 6.07. The average Bonchev–Trinajstić information content (AvgIpc) is 2.75. The lowest BCUT2D eigenvalue weighted by molar-refractivity contribution is 0.436. The molecule has 0 aliphatic carbocycles. The molecule has 18 heavy (non-hydrogen) atoms. The van der Waals surface area contributed by atoms with Crippen molar-refractivity contribution in [1.29, 1.82) is 0 Å². The molecule has 0 radical (unpaired) electrons. The molecule has 5 heteroatoms. The van der Waals surface area contributed by atoms with Gasteiger partial charge in [0.2, 0.25) is 5.88 Å². The zero-order valence-corrected chi connectivity index (χ0v) is 10.8. The fraction of sp³-hybridized carbons (Fsp3) is 0. The second-order valence-electron chi connectivity index (χ2n) is 3.96. The highest BCUT2D eigenvalue weighted by Gasteiger charge is 2.12. The van der Waals surface area contributed by atoms with Gasteiger partial charge in [0, 0.05) is 10.0 Å². The van der Waals surface area contributed by atoms with Crippen molar-refractivity contribution < 1.29 is 9.63 Å². The van der Waals surface area contributed by atoms with E-state index in [0.717, 1.165) is 15.2 Å². The fourth-order valence-corrected chi connectivity index (χ4v) is 2.30. The van der Waals surface area contributed by atoms with Crippen LogP contribution in [0.25, 0.3) is 21.9 Å². The van der Waals surface area contributed by atoms with Crippen LogP contribution in [0.3, 0.4) is 0 Å². The van der Waals surface area contributed by atoms with Gasteiger partial charge in [-0.05, 0) is 35.0 Å². The number of aromatic hydroxyl groups is 1. The maximum atomic E-state index is 10.0. The molecule has 3 rings (SSSR count). The van der Waals surface area contributed by atoms with Crippen LogP contribution < -0.4 is 5.73 Å². The van der Waals surface area contributed by atoms with E-state index in [2.05, 4.69) is 21.1 Å². The number of benzene rings is 2. The van der Waals surface area contributed by atoms with Crippen LogP contribution in [0.4, 0.5) is 5.88 Å². The zero-order valence-electron chi connectivity index (χ0n) is 9.22. The van der Waals surface area contributed by atoms with Gasteiger partial charge >= 0.3 is 0 Å². The predicted octanol–water partition coefficient (Wildman–Crippen LogP) is 3.55. The number of halogens is 1. The monoisotopic (exact) mass is 304 g/mol. The van der Waals surface area contributed by atoms with E-state index in [1.54, 1.807) is 6.07 Å². The van der Waals surface area contributed by atoms with Gasteiger partial charge in [0.1, 0.15) is 5.75 Å². The van der Waals surface area contributed by atoms with Gasteiger partial charge in [-0.2, -0.15) is 0 Å². The molecule has 0 aliphatic rings. The Bertz CT molecular complexity index is 737. The van der Waals surface area contributed by atoms with Crippen LogP contribution in [0.5, 0.6) is 5.75 Å². The Labute approximate surface area is 111 Å². The van der Waals surface area contributed by atoms with E-state index in [-0.39, 0.29) is 11.6 Å². The first-order chi connectivity index (χ1) is 8.65. The summed E-state index contributed by atoms with van der Waals surface area (Å²) in [7, 11) is 0. The highest BCUT2D eigenvalue weighted by molar-refractivity contribution is 9.10. The minimum Gasteiger partial charge on any atom is -0.507 e. The summed E-state index contributed by atoms with van der Waals surface area (Å²) in [6.45, 7) is 0. The van der Waals surface area contributed by atoms with Crippen LogP contribution in [0.1, 0.15) is 0 Å². The largest absolute Gasteiger partial charge is 0.507 e. The van der Waals surface area contributed by atoms with Gasteiger partial charge in [-0.3, -0.25) is 0 Å². The van der Waals surface area contributed by atoms with E-state index in [0.29, 0.717) is 11.1 Å². The zero-order chi connectivity index (χ0) is 12.7. The number of nitrogens with zero attached hydrogens (tertiary/aromatic N) is 1. The highest BCUT2D eigenvalue weighted by Crippen LogP contribution is 2.36. The van der Waals surface area contributed by atoms with Crippen molar-refractivity contribution in [3.8, 4) is 16.9 Å². The van der Waals surface area contributed by atoms with Crippen LogP contribution >= 0.6 is 15.9 Å². The highest BCUT2D eigenvalue weighted by atomic mass is 79.9. The number of nitrogens with two attached hydrogens (primary N) is 1. The summed E-state index contributed by atoms with van der Waals surface area (Å²) in [5.74, 6) is 0.347. The topological polar surface area (TPSA) is 72.3 Å². The Morgan fingerprint density at radius 2 is 1.94 bits per heavy atom. The van der Waals surface area contributed by atoms with E-state index in [9.17, 15) is 5.11 Å². The third-order valence-corrected chi connectivity index (χ3v) is 3.30. The summed E-state index contributed by atoms with van der Waals surface area (Å²) in [6, 6.07) is 9.39. The SMILES string of the molecule is Nc1oncc1-c1cc2cc(Br)ccc2cc1O. The number of hydrogen-bond acceptors (Lipinski definition) is 4. The van der Waals surface area contributed by atoms with Gasteiger partial charge < -0.3 is 15.4 Å². The van der Waals surface area contributed by atoms with Crippen molar-refractivity contribution >= 4 is 32.6 Å². The van der Waals surface area contributed by atoms with Crippen LogP contribution in [0, 0.1) is 0 Å². The van der Waals surface area contributed by atoms with Crippen LogP contribution in [-0.2, 0) is 0 Å². The second-order valence-corrected chi connectivity index (χ2v) is 4.88. The molecule has 90 valence electrons. The molecule has 1 aromatic heterocycles. The maximum Gasteiger partial charge on any atom is 0.230 e. The Morgan fingerprint density at radius 1 is 1.11 bits per heavy atom. The first kappa shape index (κ1) is 11.1. The molecule has 0 atom stereocenters. The molecule has 2 aromatic carbocycles. The molecule has 0 bridgehead atoms. The van der Waals surface area contributed by atoms with Crippen molar-refractivity contribution in [2.24, 2.45) is 0 Å². The quantitative estimate of drug-likeness (QED) is 0.721. The molecule has 3 N–H and O–H groups in total. The Hall–Kier alpha value is -2.01. The van der Waals surface area contributed by atoms with E-state index >= 15 is 0 Å². The van der Waals surface area contributed by atoms with Crippen LogP contribution in [0.15, 0.2) is 45.5 Å². The number of aromatic nitrogens is 1. The van der Waals surface area contributed by atoms with Crippen molar-refractivity contribution in [2.45, 2.75) is 0 Å². The number of fused-ring (bicyclic) bond motifs is 1. The molecule has 0 saturated heterocycles. The number of phenolic OH excluding ortho intramolecular Hbond substituents is 1. The molecule has 3 aromatic rings. The van der Waals surface area contributed by atoms with Crippen LogP contribution in [-0.4, -0.2) is 10.3 Å². The minimum atomic E-state index is 0.153. The van der Waals surface area contributed by atoms with E-state index in [4.69, 9.17) is 10.3 Å². The number of hydrogen-bond donors (Lipinski definition) is 2. The van der Waals surface area contributed by atoms with E-state index in [1.807, 2.05) is 24.3 Å². The Balaban J connectivity index is 2.30. The van der Waals surface area contributed by atoms with Gasteiger partial charge in [-0.25, -0.2) is 0 Å². The summed E-state index contributed by atoms with van der Waals surface area (Å²) in [5.41, 5.74) is 6.87. The number of rotatable bonds is 1. The summed E-state index contributed by atoms with van der Waals surface area (Å²) >= 11 is 3.42. The smallest absolute Gasteiger partial charge is 0.230 e. The average molecular weight is 305 g/mol. The summed E-state index contributed by atoms with van der Waals surface area (Å²) in [6.07, 6.45) is 1.49. The van der Waals surface area contributed by atoms with Gasteiger partial charge in [-0.1, -0.05) is 27.2 Å². The molecule has 0 unspecified atom stereocenters. The predicted molar refractivity (Wildman–Crippen MR) is 73.2 cm³/mol. The molecule has 0 saturated carbocycles. The van der Waals surface area contributed by atoms with Gasteiger partial charge in [-0.15, -0.1) is 0 Å². The van der Waals surface area contributed by atoms with Crippen molar-refractivity contribution in [3.05, 3.63) is 41.0 Å². The summed E-state index contributed by atoms with van der Waals surface area (Å²) < 4.78 is 5.79. The van der Waals surface area contributed by atoms with Gasteiger partial charge in [0.15, 0.2) is 0 Å². The maximum absolute atomic E-state index is 10.0. The molecule has 1 heterocycles. The van der Waals surface area contributed by atoms with Gasteiger partial charge in [0.05, 0.1) is 11.8 Å². The minimum absolute atomic E-state index is 0.153. The lowest BCUT2D eigenvalue weighted by atomic mass is 10.0. The van der Waals surface area contributed by atoms with Crippen molar-refractivity contribution in [1.82, 2.24) is 5.16 Å². The molecule has 0 spiro atoms. The summed E-state index contributed by atoms with van der Waals surface area (Å²) in [4.78, 5) is 0. The number of anilines is 1. The van der Waals surface area contributed by atoms with Crippen LogP contribution in [0.2, 0.25) is 0 Å². The molecule has 0 fully saturated rings. The van der Waals surface area contributed by atoms with Gasteiger partial charge in [0.25, 0.3) is 0 Å². The lowest BCUT2D eigenvalue weighted by Crippen LogP contribution is -1.86. The van der Waals surface area contributed by atoms with E-state index < -0.39 is 0 Å². The third kappa shape index (κ3) is 1.73. The van der Waals surface area contributed by atoms with Crippen molar-refractivity contribution in [2.75, 3.05) is 5.73 Å². The lowest BCUT2D eigenvalue weighted by Gasteiger charge is -2.06. The molecular weight excluding hydrogens is 296 g/mol. The molecule has 0 amide bonds. The normalized spacial score (nSPS) is 10.9. The summed E-state index contributed by atoms with van der Waals surface area (Å²) in [5, 5.41) is 15.6. The first-order valence-electron chi connectivity index (χ1n) is 5.28. The van der Waals surface area contributed by atoms with E-state index in [1.165, 1.54) is 6.20 Å². The Morgan fingerprint density at radius 3 is 2.67 bits per heavy atom. The molecular formula is C13H9BrN2O2. The molecule has 0 aliphatic heterocycles. The number of nitrogen functional groups attached to an aromatic ring is 1. The Kier molecular flexibility index (Phi) is 2.48. The third-order valence-electron chi connectivity index (χ3n) is 2.81. The molecule has 4 nitrogen and oxygen atoms in total.